The lowest BCUT2D eigenvalue weighted by atomic mass is 9.71. The quantitative estimate of drug-likeness (QED) is 0.157. The molecule has 3 nitrogen and oxygen atoms in total. The number of anilines is 9. The number of aryl methyl sites for hydroxylation is 4. The van der Waals surface area contributed by atoms with E-state index in [1.54, 1.807) is 0 Å². The lowest BCUT2D eigenvalue weighted by Gasteiger charge is -2.43. The standard InChI is InChI=1S/C48H42N2.C34H28BrN.C15H16/c1-31-21-25-33(26-22-31)49(34-27-23-32(2)24-28-34)43-19-11-15-37-36(43)14-12-20-44(37)50-45-18-10-9-17-40(45)48(5,6)42-29-38-35-13-7-8-16-39(35)47(3,4)41(38)30-46(42)50;1-33(2)25-14-6-5-11-21(25)24-19-28-32(20-27(24)33)36(31-17-8-7-15-26(31)34(28,3)4)30-18-10-12-22-23(30)13-9-16-29(22)35;1-12-3-7-14(8-4-12)11-15-9-5-13(2)6-10-15/h7-30H,1-6H3;5-20H,1-4H3;3-10H,11H2,1-2H3. The second-order valence-electron chi connectivity index (χ2n) is 30.5. The summed E-state index contributed by atoms with van der Waals surface area (Å²) < 4.78 is 1.12. The van der Waals surface area contributed by atoms with Gasteiger partial charge < -0.3 is 14.7 Å². The first-order valence-corrected chi connectivity index (χ1v) is 36.6. The monoisotopic (exact) mass is 1370 g/mol. The molecule has 0 saturated carbocycles. The molecule has 14 aromatic rings. The van der Waals surface area contributed by atoms with Crippen molar-refractivity contribution in [2.75, 3.05) is 14.7 Å². The van der Waals surface area contributed by atoms with Crippen LogP contribution >= 0.6 is 15.9 Å². The van der Waals surface area contributed by atoms with Gasteiger partial charge in [-0.3, -0.25) is 0 Å². The number of para-hydroxylation sites is 2. The molecule has 14 aromatic carbocycles. The third-order valence-electron chi connectivity index (χ3n) is 22.5. The molecule has 2 aliphatic carbocycles. The van der Waals surface area contributed by atoms with Gasteiger partial charge in [0.15, 0.2) is 0 Å². The first-order valence-electron chi connectivity index (χ1n) is 35.8. The zero-order valence-corrected chi connectivity index (χ0v) is 61.7. The second-order valence-corrected chi connectivity index (χ2v) is 31.4. The van der Waals surface area contributed by atoms with Crippen LogP contribution in [0.2, 0.25) is 0 Å². The Balaban J connectivity index is 0.000000134. The number of nitrogens with zero attached hydrogens (tertiary/aromatic N) is 3. The molecule has 101 heavy (non-hydrogen) atoms. The predicted octanol–water partition coefficient (Wildman–Crippen LogP) is 27.3. The van der Waals surface area contributed by atoms with Crippen LogP contribution < -0.4 is 14.7 Å². The van der Waals surface area contributed by atoms with Crippen molar-refractivity contribution in [1.29, 1.82) is 0 Å². The maximum Gasteiger partial charge on any atom is 0.0541 e. The van der Waals surface area contributed by atoms with E-state index in [-0.39, 0.29) is 21.7 Å². The van der Waals surface area contributed by atoms with Crippen molar-refractivity contribution in [3.63, 3.8) is 0 Å². The first-order chi connectivity index (χ1) is 48.7. The summed E-state index contributed by atoms with van der Waals surface area (Å²) >= 11 is 3.79. The molecule has 0 N–H and O–H groups in total. The first kappa shape index (κ1) is 65.1. The van der Waals surface area contributed by atoms with Gasteiger partial charge in [0.05, 0.1) is 39.8 Å². The van der Waals surface area contributed by atoms with Crippen LogP contribution in [0.4, 0.5) is 51.2 Å². The molecule has 18 rings (SSSR count). The van der Waals surface area contributed by atoms with Gasteiger partial charge in [0.2, 0.25) is 0 Å². The Morgan fingerprint density at radius 2 is 0.604 bits per heavy atom. The fourth-order valence-corrected chi connectivity index (χ4v) is 17.4. The summed E-state index contributed by atoms with van der Waals surface area (Å²) in [5.41, 5.74) is 34.9. The van der Waals surface area contributed by atoms with Crippen molar-refractivity contribution < 1.29 is 0 Å². The fraction of sp³-hybridized carbons (Fsp3) is 0.175. The van der Waals surface area contributed by atoms with E-state index in [1.165, 1.54) is 156 Å². The molecule has 4 aliphatic rings. The molecule has 0 radical (unpaired) electrons. The number of rotatable bonds is 7. The van der Waals surface area contributed by atoms with Gasteiger partial charge in [0.25, 0.3) is 0 Å². The molecule has 0 amide bonds. The van der Waals surface area contributed by atoms with Gasteiger partial charge in [-0.05, 0) is 202 Å². The Morgan fingerprint density at radius 1 is 0.267 bits per heavy atom. The van der Waals surface area contributed by atoms with E-state index in [0.29, 0.717) is 0 Å². The van der Waals surface area contributed by atoms with E-state index < -0.39 is 0 Å². The molecule has 0 atom stereocenters. The molecular weight excluding hydrogens is 1290 g/mol. The van der Waals surface area contributed by atoms with Crippen LogP contribution in [0.1, 0.15) is 133 Å². The van der Waals surface area contributed by atoms with Crippen molar-refractivity contribution in [3.05, 3.63) is 374 Å². The summed E-state index contributed by atoms with van der Waals surface area (Å²) in [6.45, 7) is 27.6. The molecule has 0 fully saturated rings. The number of fused-ring (bicyclic) bond motifs is 12. The van der Waals surface area contributed by atoms with Gasteiger partial charge in [-0.15, -0.1) is 0 Å². The zero-order valence-electron chi connectivity index (χ0n) is 60.1. The van der Waals surface area contributed by atoms with Crippen LogP contribution in [0, 0.1) is 27.7 Å². The number of halogens is 1. The summed E-state index contributed by atoms with van der Waals surface area (Å²) in [5.74, 6) is 0. The second kappa shape index (κ2) is 25.0. The van der Waals surface area contributed by atoms with Gasteiger partial charge in [-0.1, -0.05) is 300 Å². The summed E-state index contributed by atoms with van der Waals surface area (Å²) in [7, 11) is 0. The summed E-state index contributed by atoms with van der Waals surface area (Å²) in [6, 6.07) is 108. The Hall–Kier alpha value is -10.5. The highest BCUT2D eigenvalue weighted by Gasteiger charge is 2.45. The van der Waals surface area contributed by atoms with E-state index in [4.69, 9.17) is 0 Å². The number of hydrogen-bond acceptors (Lipinski definition) is 3. The average molecular weight is 1370 g/mol. The minimum Gasteiger partial charge on any atom is -0.310 e. The molecule has 2 aliphatic heterocycles. The third-order valence-corrected chi connectivity index (χ3v) is 23.2. The van der Waals surface area contributed by atoms with Crippen molar-refractivity contribution in [2.45, 2.75) is 111 Å². The number of hydrogen-bond donors (Lipinski definition) is 0. The van der Waals surface area contributed by atoms with Crippen LogP contribution in [0.3, 0.4) is 0 Å². The Labute approximate surface area is 606 Å². The molecule has 0 saturated heterocycles. The van der Waals surface area contributed by atoms with Crippen molar-refractivity contribution in [1.82, 2.24) is 0 Å². The average Bonchev–Trinajstić information content (AvgIpc) is 1.69. The van der Waals surface area contributed by atoms with Crippen LogP contribution in [0.25, 0.3) is 43.8 Å². The summed E-state index contributed by atoms with van der Waals surface area (Å²) in [6.07, 6.45) is 1.03. The maximum atomic E-state index is 3.79. The number of benzene rings is 14. The third kappa shape index (κ3) is 11.0. The van der Waals surface area contributed by atoms with Gasteiger partial charge in [0.1, 0.15) is 0 Å². The Kier molecular flexibility index (Phi) is 16.1. The van der Waals surface area contributed by atoms with Crippen molar-refractivity contribution in [3.8, 4) is 22.3 Å². The maximum absolute atomic E-state index is 3.79. The Bertz CT molecular complexity index is 5470. The molecule has 496 valence electrons. The normalized spacial score (nSPS) is 14.7. The topological polar surface area (TPSA) is 9.72 Å². The van der Waals surface area contributed by atoms with E-state index in [1.807, 2.05) is 0 Å². The Morgan fingerprint density at radius 3 is 1.05 bits per heavy atom. The van der Waals surface area contributed by atoms with E-state index in [0.717, 1.165) is 28.0 Å². The highest BCUT2D eigenvalue weighted by molar-refractivity contribution is 9.10. The molecule has 0 aromatic heterocycles. The van der Waals surface area contributed by atoms with Gasteiger partial charge in [-0.25, -0.2) is 0 Å². The lowest BCUT2D eigenvalue weighted by molar-refractivity contribution is 0.627. The minimum absolute atomic E-state index is 0.0461. The molecular formula is C97H86BrN3. The molecule has 0 spiro atoms. The van der Waals surface area contributed by atoms with Crippen LogP contribution in [-0.4, -0.2) is 0 Å². The van der Waals surface area contributed by atoms with Gasteiger partial charge >= 0.3 is 0 Å². The van der Waals surface area contributed by atoms with Crippen LogP contribution in [0.15, 0.2) is 296 Å². The van der Waals surface area contributed by atoms with Gasteiger partial charge in [-0.2, -0.15) is 0 Å². The highest BCUT2D eigenvalue weighted by Crippen LogP contribution is 2.61. The van der Waals surface area contributed by atoms with E-state index in [9.17, 15) is 0 Å². The molecule has 4 heteroatoms. The smallest absolute Gasteiger partial charge is 0.0541 e. The molecule has 2 heterocycles. The predicted molar refractivity (Wildman–Crippen MR) is 434 cm³/mol. The largest absolute Gasteiger partial charge is 0.310 e. The van der Waals surface area contributed by atoms with E-state index >= 15 is 0 Å². The summed E-state index contributed by atoms with van der Waals surface area (Å²) in [5, 5.41) is 4.91. The van der Waals surface area contributed by atoms with Gasteiger partial charge in [0, 0.05) is 53.7 Å². The van der Waals surface area contributed by atoms with Crippen molar-refractivity contribution in [2.24, 2.45) is 0 Å². The van der Waals surface area contributed by atoms with Crippen LogP contribution in [0.5, 0.6) is 0 Å². The van der Waals surface area contributed by atoms with E-state index in [2.05, 4.69) is 405 Å². The lowest BCUT2D eigenvalue weighted by Crippen LogP contribution is -2.31. The van der Waals surface area contributed by atoms with Crippen LogP contribution in [-0.2, 0) is 28.1 Å². The molecule has 0 unspecified atom stereocenters. The van der Waals surface area contributed by atoms with Crippen molar-refractivity contribution >= 4 is 88.7 Å². The SMILES string of the molecule is CC1(C)c2ccccc2-c2cc3c(cc21)N(c1cccc2c(Br)cccc12)c1ccccc1C3(C)C.Cc1ccc(Cc2ccc(C)cc2)cc1.Cc1ccc(N(c2ccc(C)cc2)c2cccc3c(N4c5ccccc5C(C)(C)c5cc6c(cc54)C(C)(C)c4ccccc4-6)cccc23)cc1. The summed E-state index contributed by atoms with van der Waals surface area (Å²) in [4.78, 5) is 7.45. The highest BCUT2D eigenvalue weighted by atomic mass is 79.9. The molecule has 0 bridgehead atoms. The fourth-order valence-electron chi connectivity index (χ4n) is 16.9. The zero-order chi connectivity index (χ0) is 69.9. The minimum atomic E-state index is -0.178.